The zero-order valence-electron chi connectivity index (χ0n) is 20.5. The first-order valence-corrected chi connectivity index (χ1v) is 13.8. The number of rotatable bonds is 9. The number of nitrogens with one attached hydrogen (secondary N) is 3. The number of hydrazine groups is 1. The van der Waals surface area contributed by atoms with Crippen LogP contribution >= 0.6 is 34.7 Å². The Balaban J connectivity index is 1.39. The average Bonchev–Trinajstić information content (AvgIpc) is 3.38. The maximum atomic E-state index is 13.1. The predicted octanol–water partition coefficient (Wildman–Crippen LogP) is -0.704. The number of anilines is 1. The average molecular weight is 626 g/mol. The zero-order chi connectivity index (χ0) is 29.8. The molecule has 0 radical (unpaired) electrons. The number of oxime groups is 1. The smallest absolute Gasteiger partial charge is 0.352 e. The lowest BCUT2D eigenvalue weighted by Crippen LogP contribution is -2.71. The number of nitrogen functional groups attached to an aromatic ring is 1. The lowest BCUT2D eigenvalue weighted by Gasteiger charge is -2.49. The van der Waals surface area contributed by atoms with Crippen LogP contribution in [0.25, 0.3) is 0 Å². The molecule has 16 nitrogen and oxygen atoms in total. The van der Waals surface area contributed by atoms with E-state index in [2.05, 4.69) is 20.9 Å². The molecular formula is C22H20ClN7O9S2. The third kappa shape index (κ3) is 6.28. The van der Waals surface area contributed by atoms with Crippen molar-refractivity contribution in [1.29, 1.82) is 0 Å². The Labute approximate surface area is 243 Å². The van der Waals surface area contributed by atoms with E-state index >= 15 is 0 Å². The van der Waals surface area contributed by atoms with Gasteiger partial charge in [-0.05, 0) is 23.8 Å². The minimum absolute atomic E-state index is 0.0127. The molecule has 0 aliphatic carbocycles. The van der Waals surface area contributed by atoms with Gasteiger partial charge in [-0.2, -0.15) is 0 Å². The van der Waals surface area contributed by atoms with E-state index < -0.39 is 64.8 Å². The van der Waals surface area contributed by atoms with Gasteiger partial charge in [-0.1, -0.05) is 5.16 Å². The Bertz CT molecular complexity index is 1500. The van der Waals surface area contributed by atoms with Crippen LogP contribution in [0.4, 0.5) is 5.13 Å². The fourth-order valence-electron chi connectivity index (χ4n) is 3.65. The number of hydrogen-bond donors (Lipinski definition) is 7. The molecule has 0 bridgehead atoms. The van der Waals surface area contributed by atoms with Crippen molar-refractivity contribution in [2.24, 2.45) is 5.16 Å². The number of thioether (sulfide) groups is 1. The number of aromatic hydroxyl groups is 2. The molecule has 2 unspecified atom stereocenters. The number of aromatic nitrogens is 1. The summed E-state index contributed by atoms with van der Waals surface area (Å²) in [6.45, 7) is -0.764. The number of phenolic OH excluding ortho intramolecular Hbond substituents is 2. The molecule has 4 amide bonds. The normalized spacial score (nSPS) is 18.2. The molecule has 41 heavy (non-hydrogen) atoms. The molecule has 3 heterocycles. The van der Waals surface area contributed by atoms with Crippen LogP contribution in [0.2, 0.25) is 0 Å². The van der Waals surface area contributed by atoms with Gasteiger partial charge in [-0.15, -0.1) is 34.7 Å². The standard InChI is InChI=1S/C22H20ClN7O9S2/c23-4-9-6-40-20-15(19(36)30(20)16(9)21(37)38)26-18(35)14(10-7-41-22(24)25-10)29-39-5-13(33)27-28-17(34)8-1-2-11(31)12(32)3-8/h1-3,7,15,20,31-32H,4-6H2,(H2,24,25)(H,26,35)(H,27,33)(H,28,34)(H,37,38)/b29-14+. The van der Waals surface area contributed by atoms with Crippen molar-refractivity contribution in [3.05, 3.63) is 46.1 Å². The minimum atomic E-state index is -1.31. The second-order valence-corrected chi connectivity index (χ2v) is 10.5. The molecule has 4 rings (SSSR count). The summed E-state index contributed by atoms with van der Waals surface area (Å²) in [5.41, 5.74) is 9.43. The fraction of sp³-hybridized carbons (Fsp3) is 0.227. The Kier molecular flexibility index (Phi) is 8.84. The summed E-state index contributed by atoms with van der Waals surface area (Å²) in [6, 6.07) is 2.19. The summed E-state index contributed by atoms with van der Waals surface area (Å²) in [6.07, 6.45) is 0. The molecule has 0 saturated carbocycles. The number of thiazole rings is 1. The van der Waals surface area contributed by atoms with Gasteiger partial charge in [0, 0.05) is 22.6 Å². The van der Waals surface area contributed by atoms with Crippen molar-refractivity contribution in [2.75, 3.05) is 24.0 Å². The van der Waals surface area contributed by atoms with Crippen molar-refractivity contribution in [1.82, 2.24) is 26.1 Å². The van der Waals surface area contributed by atoms with Gasteiger partial charge in [0.1, 0.15) is 22.8 Å². The summed E-state index contributed by atoms with van der Waals surface area (Å²) < 4.78 is 0. The van der Waals surface area contributed by atoms with Gasteiger partial charge in [-0.3, -0.25) is 34.9 Å². The third-order valence-electron chi connectivity index (χ3n) is 5.58. The first-order chi connectivity index (χ1) is 19.5. The van der Waals surface area contributed by atoms with Crippen LogP contribution in [0, 0.1) is 0 Å². The number of fused-ring (bicyclic) bond motifs is 1. The maximum absolute atomic E-state index is 13.1. The first kappa shape index (κ1) is 29.4. The molecule has 1 aromatic heterocycles. The molecule has 1 saturated heterocycles. The van der Waals surface area contributed by atoms with Crippen molar-refractivity contribution >= 4 is 75.1 Å². The predicted molar refractivity (Wildman–Crippen MR) is 145 cm³/mol. The van der Waals surface area contributed by atoms with Crippen LogP contribution in [0.15, 0.2) is 40.0 Å². The highest BCUT2D eigenvalue weighted by molar-refractivity contribution is 8.00. The van der Waals surface area contributed by atoms with Crippen molar-refractivity contribution in [3.8, 4) is 11.5 Å². The van der Waals surface area contributed by atoms with E-state index in [1.807, 2.05) is 5.43 Å². The lowest BCUT2D eigenvalue weighted by molar-refractivity contribution is -0.150. The van der Waals surface area contributed by atoms with Crippen LogP contribution < -0.4 is 21.9 Å². The number of nitrogens with two attached hydrogens (primary N) is 1. The van der Waals surface area contributed by atoms with Gasteiger partial charge in [0.05, 0.1) is 0 Å². The molecular weight excluding hydrogens is 606 g/mol. The Morgan fingerprint density at radius 2 is 1.98 bits per heavy atom. The molecule has 2 aliphatic heterocycles. The Hall–Kier alpha value is -4.55. The Morgan fingerprint density at radius 1 is 1.22 bits per heavy atom. The number of hydrogen-bond acceptors (Lipinski definition) is 13. The highest BCUT2D eigenvalue weighted by Crippen LogP contribution is 2.40. The summed E-state index contributed by atoms with van der Waals surface area (Å²) >= 11 is 8.05. The molecule has 0 spiro atoms. The lowest BCUT2D eigenvalue weighted by atomic mass is 10.0. The second kappa shape index (κ2) is 12.3. The minimum Gasteiger partial charge on any atom is -0.504 e. The molecule has 216 valence electrons. The number of nitrogens with zero attached hydrogens (tertiary/aromatic N) is 3. The molecule has 2 aliphatic rings. The monoisotopic (exact) mass is 625 g/mol. The van der Waals surface area contributed by atoms with Crippen LogP contribution in [0.3, 0.4) is 0 Å². The topological polar surface area (TPSA) is 246 Å². The van der Waals surface area contributed by atoms with E-state index in [9.17, 15) is 39.3 Å². The van der Waals surface area contributed by atoms with E-state index in [0.717, 1.165) is 28.4 Å². The van der Waals surface area contributed by atoms with Crippen molar-refractivity contribution in [3.63, 3.8) is 0 Å². The highest BCUT2D eigenvalue weighted by atomic mass is 35.5. The summed E-state index contributed by atoms with van der Waals surface area (Å²) in [4.78, 5) is 71.8. The number of phenols is 2. The maximum Gasteiger partial charge on any atom is 0.352 e. The van der Waals surface area contributed by atoms with E-state index in [0.29, 0.717) is 5.57 Å². The van der Waals surface area contributed by atoms with Gasteiger partial charge in [0.25, 0.3) is 23.6 Å². The number of carbonyl (C=O) groups is 5. The van der Waals surface area contributed by atoms with Crippen LogP contribution in [-0.2, 0) is 24.0 Å². The number of carboxylic acid groups (broad SMARTS) is 1. The van der Waals surface area contributed by atoms with Crippen LogP contribution in [0.5, 0.6) is 11.5 Å². The van der Waals surface area contributed by atoms with Gasteiger partial charge < -0.3 is 31.2 Å². The van der Waals surface area contributed by atoms with Gasteiger partial charge in [0.2, 0.25) is 0 Å². The Morgan fingerprint density at radius 3 is 2.61 bits per heavy atom. The second-order valence-electron chi connectivity index (χ2n) is 8.24. The largest absolute Gasteiger partial charge is 0.504 e. The number of amides is 4. The van der Waals surface area contributed by atoms with Crippen molar-refractivity contribution in [2.45, 2.75) is 11.4 Å². The fourth-order valence-corrected chi connectivity index (χ4v) is 5.88. The van der Waals surface area contributed by atoms with Gasteiger partial charge >= 0.3 is 5.97 Å². The van der Waals surface area contributed by atoms with Crippen molar-refractivity contribution < 1.29 is 44.1 Å². The zero-order valence-corrected chi connectivity index (χ0v) is 22.9. The van der Waals surface area contributed by atoms with Crippen LogP contribution in [-0.4, -0.2) is 90.2 Å². The quantitative estimate of drug-likeness (QED) is 0.0601. The number of alkyl halides is 1. The van der Waals surface area contributed by atoms with Gasteiger partial charge in [0.15, 0.2) is 28.9 Å². The number of carbonyl (C=O) groups excluding carboxylic acids is 4. The molecule has 2 aromatic rings. The number of aliphatic carboxylic acids is 1. The number of halogens is 1. The van der Waals surface area contributed by atoms with E-state index in [1.165, 1.54) is 23.2 Å². The molecule has 1 aromatic carbocycles. The molecule has 2 atom stereocenters. The molecule has 8 N–H and O–H groups in total. The van der Waals surface area contributed by atoms with E-state index in [1.54, 1.807) is 0 Å². The SMILES string of the molecule is Nc1nc(/C(=N\OCC(=O)NNC(=O)c2ccc(O)c(O)c2)C(=O)NC2C(=O)N3C(C(=O)O)=C(CCl)CSC23)cs1. The van der Waals surface area contributed by atoms with Gasteiger partial charge in [-0.25, -0.2) is 9.78 Å². The molecule has 1 fully saturated rings. The molecule has 19 heteroatoms. The summed E-state index contributed by atoms with van der Waals surface area (Å²) in [5.74, 6) is -5.36. The number of carboxylic acids is 1. The number of β-lactam (4-membered cyclic amide) rings is 1. The summed E-state index contributed by atoms with van der Waals surface area (Å²) in [5, 5.41) is 35.3. The highest BCUT2D eigenvalue weighted by Gasteiger charge is 2.54. The third-order valence-corrected chi connectivity index (χ3v) is 7.92. The summed E-state index contributed by atoms with van der Waals surface area (Å²) in [7, 11) is 0. The number of benzene rings is 1. The van der Waals surface area contributed by atoms with E-state index in [-0.39, 0.29) is 33.7 Å². The first-order valence-electron chi connectivity index (χ1n) is 11.3. The van der Waals surface area contributed by atoms with Crippen LogP contribution in [0.1, 0.15) is 16.1 Å². The van der Waals surface area contributed by atoms with E-state index in [4.69, 9.17) is 22.2 Å².